The molecular formula is C16H21N7OS. The molecule has 8 nitrogen and oxygen atoms in total. The van der Waals surface area contributed by atoms with Crippen molar-refractivity contribution in [3.05, 3.63) is 29.2 Å². The quantitative estimate of drug-likeness (QED) is 0.703. The van der Waals surface area contributed by atoms with Crippen LogP contribution in [-0.2, 0) is 11.3 Å². The molecular weight excluding hydrogens is 338 g/mol. The van der Waals surface area contributed by atoms with Gasteiger partial charge in [-0.15, -0.1) is 11.3 Å². The summed E-state index contributed by atoms with van der Waals surface area (Å²) in [4.78, 5) is 18.1. The first-order valence-electron chi connectivity index (χ1n) is 8.35. The van der Waals surface area contributed by atoms with Gasteiger partial charge in [-0.2, -0.15) is 14.6 Å². The average molecular weight is 359 g/mol. The Kier molecular flexibility index (Phi) is 4.50. The molecule has 0 bridgehead atoms. The van der Waals surface area contributed by atoms with Crippen LogP contribution in [0, 0.1) is 6.92 Å². The third-order valence-corrected chi connectivity index (χ3v) is 5.29. The first-order valence-corrected chi connectivity index (χ1v) is 9.23. The third kappa shape index (κ3) is 3.29. The van der Waals surface area contributed by atoms with Crippen molar-refractivity contribution in [1.82, 2.24) is 24.6 Å². The van der Waals surface area contributed by atoms with Gasteiger partial charge in [0.15, 0.2) is 5.13 Å². The minimum Gasteiger partial charge on any atom is -0.378 e. The minimum absolute atomic E-state index is 0.467. The Hall–Kier alpha value is -2.26. The molecule has 1 fully saturated rings. The van der Waals surface area contributed by atoms with Gasteiger partial charge >= 0.3 is 0 Å². The molecule has 1 saturated heterocycles. The van der Waals surface area contributed by atoms with Crippen LogP contribution in [0.15, 0.2) is 17.8 Å². The number of hydrogen-bond donors (Lipinski definition) is 0. The molecule has 1 aliphatic rings. The van der Waals surface area contributed by atoms with Crippen LogP contribution >= 0.6 is 11.3 Å². The predicted molar refractivity (Wildman–Crippen MR) is 97.4 cm³/mol. The van der Waals surface area contributed by atoms with Gasteiger partial charge in [-0.25, -0.2) is 9.97 Å². The van der Waals surface area contributed by atoms with Crippen LogP contribution < -0.4 is 9.80 Å². The van der Waals surface area contributed by atoms with Crippen LogP contribution in [0.4, 0.5) is 10.9 Å². The number of aryl methyl sites for hydroxylation is 1. The lowest BCUT2D eigenvalue weighted by Gasteiger charge is -2.24. The van der Waals surface area contributed by atoms with Gasteiger partial charge in [0.1, 0.15) is 12.1 Å². The molecule has 25 heavy (non-hydrogen) atoms. The molecule has 4 heterocycles. The highest BCUT2D eigenvalue weighted by Gasteiger charge is 2.20. The Bertz CT molecular complexity index is 861. The molecule has 4 rings (SSSR count). The van der Waals surface area contributed by atoms with Crippen molar-refractivity contribution in [2.45, 2.75) is 20.0 Å². The summed E-state index contributed by atoms with van der Waals surface area (Å²) in [6.07, 6.45) is 2.61. The zero-order valence-electron chi connectivity index (χ0n) is 14.4. The summed E-state index contributed by atoms with van der Waals surface area (Å²) in [5.41, 5.74) is 1.96. The molecule has 1 aliphatic heterocycles. The average Bonchev–Trinajstić information content (AvgIpc) is 3.17. The van der Waals surface area contributed by atoms with E-state index in [9.17, 15) is 0 Å². The Balaban J connectivity index is 1.59. The zero-order valence-corrected chi connectivity index (χ0v) is 15.2. The fourth-order valence-electron chi connectivity index (χ4n) is 3.12. The smallest absolute Gasteiger partial charge is 0.254 e. The van der Waals surface area contributed by atoms with Crippen molar-refractivity contribution in [2.24, 2.45) is 0 Å². The van der Waals surface area contributed by atoms with E-state index >= 15 is 0 Å². The molecule has 3 aromatic rings. The number of anilines is 2. The molecule has 0 atom stereocenters. The molecule has 0 radical (unpaired) electrons. The first kappa shape index (κ1) is 16.2. The second kappa shape index (κ2) is 6.93. The molecule has 0 saturated carbocycles. The second-order valence-electron chi connectivity index (χ2n) is 6.11. The summed E-state index contributed by atoms with van der Waals surface area (Å²) in [7, 11) is 1.68. The Morgan fingerprint density at radius 1 is 1.16 bits per heavy atom. The summed E-state index contributed by atoms with van der Waals surface area (Å²) in [5.74, 6) is 1.63. The zero-order chi connectivity index (χ0) is 17.2. The molecule has 0 amide bonds. The standard InChI is InChI=1S/C16H21N7OS/c1-12-10-25-16(19-12)22-5-3-4-21(6-7-22)14-8-13(9-24-2)20-15-17-11-18-23(14)15/h8,10-11H,3-7,9H2,1-2H3. The van der Waals surface area contributed by atoms with Crippen LogP contribution in [0.1, 0.15) is 17.8 Å². The normalized spacial score (nSPS) is 15.8. The lowest BCUT2D eigenvalue weighted by molar-refractivity contribution is 0.181. The fraction of sp³-hybridized carbons (Fsp3) is 0.500. The van der Waals surface area contributed by atoms with Gasteiger partial charge in [-0.05, 0) is 13.3 Å². The minimum atomic E-state index is 0.467. The van der Waals surface area contributed by atoms with E-state index in [1.807, 2.05) is 17.5 Å². The highest BCUT2D eigenvalue weighted by atomic mass is 32.1. The second-order valence-corrected chi connectivity index (χ2v) is 6.95. The number of ether oxygens (including phenoxy) is 1. The van der Waals surface area contributed by atoms with Crippen molar-refractivity contribution in [3.63, 3.8) is 0 Å². The molecule has 9 heteroatoms. The van der Waals surface area contributed by atoms with Crippen LogP contribution in [0.25, 0.3) is 5.78 Å². The van der Waals surface area contributed by atoms with E-state index in [4.69, 9.17) is 4.74 Å². The Labute approximate surface area is 150 Å². The molecule has 3 aromatic heterocycles. The maximum Gasteiger partial charge on any atom is 0.254 e. The maximum atomic E-state index is 5.24. The fourth-order valence-corrected chi connectivity index (χ4v) is 3.97. The van der Waals surface area contributed by atoms with E-state index in [2.05, 4.69) is 35.2 Å². The molecule has 0 aliphatic carbocycles. The van der Waals surface area contributed by atoms with Crippen LogP contribution in [0.2, 0.25) is 0 Å². The molecule has 0 aromatic carbocycles. The van der Waals surface area contributed by atoms with E-state index in [0.717, 1.165) is 54.9 Å². The molecule has 132 valence electrons. The molecule has 0 spiro atoms. The highest BCUT2D eigenvalue weighted by Crippen LogP contribution is 2.24. The van der Waals surface area contributed by atoms with Gasteiger partial charge in [-0.1, -0.05) is 0 Å². The molecule has 0 N–H and O–H groups in total. The Morgan fingerprint density at radius 3 is 2.80 bits per heavy atom. The van der Waals surface area contributed by atoms with Crippen molar-refractivity contribution in [2.75, 3.05) is 43.1 Å². The van der Waals surface area contributed by atoms with Gasteiger partial charge < -0.3 is 14.5 Å². The number of methoxy groups -OCH3 is 1. The third-order valence-electron chi connectivity index (χ3n) is 4.28. The maximum absolute atomic E-state index is 5.24. The van der Waals surface area contributed by atoms with Gasteiger partial charge in [0.05, 0.1) is 18.0 Å². The summed E-state index contributed by atoms with van der Waals surface area (Å²) in [6, 6.07) is 2.05. The summed E-state index contributed by atoms with van der Waals surface area (Å²) in [5, 5.41) is 7.56. The largest absolute Gasteiger partial charge is 0.378 e. The van der Waals surface area contributed by atoms with Crippen LogP contribution in [0.5, 0.6) is 0 Å². The Morgan fingerprint density at radius 2 is 2.00 bits per heavy atom. The number of thiazole rings is 1. The lowest BCUT2D eigenvalue weighted by Crippen LogP contribution is -2.32. The number of rotatable bonds is 4. The van der Waals surface area contributed by atoms with Crippen molar-refractivity contribution in [3.8, 4) is 0 Å². The van der Waals surface area contributed by atoms with Gasteiger partial charge in [0, 0.05) is 44.7 Å². The van der Waals surface area contributed by atoms with E-state index in [0.29, 0.717) is 12.4 Å². The van der Waals surface area contributed by atoms with E-state index in [1.165, 1.54) is 0 Å². The number of hydrogen-bond acceptors (Lipinski definition) is 8. The van der Waals surface area contributed by atoms with Gasteiger partial charge in [0.2, 0.25) is 0 Å². The highest BCUT2D eigenvalue weighted by molar-refractivity contribution is 7.13. The van der Waals surface area contributed by atoms with Gasteiger partial charge in [0.25, 0.3) is 5.78 Å². The van der Waals surface area contributed by atoms with Crippen molar-refractivity contribution in [1.29, 1.82) is 0 Å². The number of fused-ring (bicyclic) bond motifs is 1. The lowest BCUT2D eigenvalue weighted by atomic mass is 10.3. The monoisotopic (exact) mass is 359 g/mol. The number of nitrogens with zero attached hydrogens (tertiary/aromatic N) is 7. The summed E-state index contributed by atoms with van der Waals surface area (Å²) >= 11 is 1.72. The van der Waals surface area contributed by atoms with Gasteiger partial charge in [-0.3, -0.25) is 0 Å². The van der Waals surface area contributed by atoms with Crippen LogP contribution in [-0.4, -0.2) is 57.9 Å². The van der Waals surface area contributed by atoms with E-state index in [1.54, 1.807) is 24.8 Å². The first-order chi connectivity index (χ1) is 12.2. The topological polar surface area (TPSA) is 71.7 Å². The SMILES string of the molecule is COCc1cc(N2CCCN(c3nc(C)cs3)CC2)n2ncnc2n1. The van der Waals surface area contributed by atoms with Crippen molar-refractivity contribution < 1.29 is 4.74 Å². The van der Waals surface area contributed by atoms with E-state index < -0.39 is 0 Å². The predicted octanol–water partition coefficient (Wildman–Crippen LogP) is 1.75. The van der Waals surface area contributed by atoms with Crippen molar-refractivity contribution >= 4 is 28.1 Å². The molecule has 0 unspecified atom stereocenters. The summed E-state index contributed by atoms with van der Waals surface area (Å²) < 4.78 is 7.05. The van der Waals surface area contributed by atoms with Crippen LogP contribution in [0.3, 0.4) is 0 Å². The number of aromatic nitrogens is 5. The van der Waals surface area contributed by atoms with E-state index in [-0.39, 0.29) is 0 Å². The summed E-state index contributed by atoms with van der Waals surface area (Å²) in [6.45, 7) is 6.33.